The lowest BCUT2D eigenvalue weighted by Crippen LogP contribution is -2.13. The van der Waals surface area contributed by atoms with E-state index in [1.165, 1.54) is 32.1 Å². The Hall–Kier alpha value is -0.960. The molecule has 2 rings (SSSR count). The minimum Gasteiger partial charge on any atom is -0.493 e. The summed E-state index contributed by atoms with van der Waals surface area (Å²) in [5, 5.41) is 0.674. The van der Waals surface area contributed by atoms with Gasteiger partial charge in [0.15, 0.2) is 5.78 Å². The van der Waals surface area contributed by atoms with Gasteiger partial charge in [0, 0.05) is 5.25 Å². The van der Waals surface area contributed by atoms with Crippen LogP contribution in [0.3, 0.4) is 0 Å². The van der Waals surface area contributed by atoms with Crippen LogP contribution in [0.2, 0.25) is 0 Å². The van der Waals surface area contributed by atoms with Gasteiger partial charge in [-0.1, -0.05) is 37.8 Å². The molecule has 0 bridgehead atoms. The molecule has 1 aliphatic rings. The van der Waals surface area contributed by atoms with Crippen LogP contribution in [0.5, 0.6) is 5.75 Å². The SMILES string of the molecule is CCCOc1ccc(C)cc1C(=O)CSC1CCCCC1. The van der Waals surface area contributed by atoms with Crippen molar-refractivity contribution in [2.75, 3.05) is 12.4 Å². The highest BCUT2D eigenvalue weighted by molar-refractivity contribution is 8.00. The van der Waals surface area contributed by atoms with Crippen LogP contribution in [0.1, 0.15) is 61.4 Å². The molecule has 1 aromatic carbocycles. The summed E-state index contributed by atoms with van der Waals surface area (Å²) in [6, 6.07) is 5.91. The number of carbonyl (C=O) groups excluding carboxylic acids is 1. The summed E-state index contributed by atoms with van der Waals surface area (Å²) >= 11 is 1.83. The van der Waals surface area contributed by atoms with E-state index < -0.39 is 0 Å². The topological polar surface area (TPSA) is 26.3 Å². The quantitative estimate of drug-likeness (QED) is 0.661. The van der Waals surface area contributed by atoms with E-state index in [0.717, 1.165) is 23.3 Å². The van der Waals surface area contributed by atoms with E-state index in [0.29, 0.717) is 17.6 Å². The van der Waals surface area contributed by atoms with E-state index in [-0.39, 0.29) is 5.78 Å². The Labute approximate surface area is 132 Å². The first-order valence-electron chi connectivity index (χ1n) is 8.09. The lowest BCUT2D eigenvalue weighted by Gasteiger charge is -2.20. The highest BCUT2D eigenvalue weighted by atomic mass is 32.2. The van der Waals surface area contributed by atoms with Gasteiger partial charge in [-0.05, 0) is 38.3 Å². The van der Waals surface area contributed by atoms with Crippen molar-refractivity contribution < 1.29 is 9.53 Å². The fraction of sp³-hybridized carbons (Fsp3) is 0.611. The standard InChI is InChI=1S/C18H26O2S/c1-3-11-20-18-10-9-14(2)12-16(18)17(19)13-21-15-7-5-4-6-8-15/h9-10,12,15H,3-8,11,13H2,1-2H3. The third-order valence-electron chi connectivity index (χ3n) is 3.90. The fourth-order valence-corrected chi connectivity index (χ4v) is 3.91. The summed E-state index contributed by atoms with van der Waals surface area (Å²) in [7, 11) is 0. The summed E-state index contributed by atoms with van der Waals surface area (Å²) in [6.07, 6.45) is 7.49. The lowest BCUT2D eigenvalue weighted by molar-refractivity contribution is 0.101. The van der Waals surface area contributed by atoms with Crippen LogP contribution in [-0.4, -0.2) is 23.4 Å². The van der Waals surface area contributed by atoms with Crippen LogP contribution in [0.25, 0.3) is 0 Å². The van der Waals surface area contributed by atoms with Gasteiger partial charge in [-0.15, -0.1) is 0 Å². The third kappa shape index (κ3) is 5.06. The molecule has 0 aromatic heterocycles. The van der Waals surface area contributed by atoms with Crippen LogP contribution in [0.4, 0.5) is 0 Å². The molecular weight excluding hydrogens is 280 g/mol. The van der Waals surface area contributed by atoms with Crippen LogP contribution in [0.15, 0.2) is 18.2 Å². The average molecular weight is 306 g/mol. The minimum atomic E-state index is 0.209. The molecule has 0 N–H and O–H groups in total. The first kappa shape index (κ1) is 16.4. The summed E-state index contributed by atoms with van der Waals surface area (Å²) in [5.41, 5.74) is 1.87. The predicted octanol–water partition coefficient (Wildman–Crippen LogP) is 5.03. The van der Waals surface area contributed by atoms with E-state index in [2.05, 4.69) is 6.92 Å². The van der Waals surface area contributed by atoms with E-state index in [9.17, 15) is 4.79 Å². The molecule has 2 nitrogen and oxygen atoms in total. The molecule has 0 unspecified atom stereocenters. The summed E-state index contributed by atoms with van der Waals surface area (Å²) in [4.78, 5) is 12.5. The number of aryl methyl sites for hydroxylation is 1. The Morgan fingerprint density at radius 3 is 2.76 bits per heavy atom. The van der Waals surface area contributed by atoms with Gasteiger partial charge in [0.05, 0.1) is 17.9 Å². The van der Waals surface area contributed by atoms with Gasteiger partial charge in [-0.25, -0.2) is 0 Å². The van der Waals surface area contributed by atoms with Gasteiger partial charge in [0.2, 0.25) is 0 Å². The molecule has 0 amide bonds. The predicted molar refractivity (Wildman–Crippen MR) is 90.6 cm³/mol. The maximum absolute atomic E-state index is 12.5. The normalized spacial score (nSPS) is 15.9. The number of hydrogen-bond donors (Lipinski definition) is 0. The lowest BCUT2D eigenvalue weighted by atomic mass is 10.0. The molecule has 0 heterocycles. The molecule has 21 heavy (non-hydrogen) atoms. The molecular formula is C18H26O2S. The number of Topliss-reactive ketones (excluding diaryl/α,β-unsaturated/α-hetero) is 1. The Morgan fingerprint density at radius 1 is 1.29 bits per heavy atom. The summed E-state index contributed by atoms with van der Waals surface area (Å²) < 4.78 is 5.72. The van der Waals surface area contributed by atoms with Crippen LogP contribution >= 0.6 is 11.8 Å². The van der Waals surface area contributed by atoms with Gasteiger partial charge >= 0.3 is 0 Å². The molecule has 1 saturated carbocycles. The Morgan fingerprint density at radius 2 is 2.05 bits per heavy atom. The van der Waals surface area contributed by atoms with E-state index in [4.69, 9.17) is 4.74 Å². The number of ketones is 1. The fourth-order valence-electron chi connectivity index (χ4n) is 2.70. The second-order valence-corrected chi connectivity index (χ2v) is 7.13. The van der Waals surface area contributed by atoms with Gasteiger partial charge in [-0.3, -0.25) is 4.79 Å². The molecule has 0 spiro atoms. The molecule has 1 fully saturated rings. The molecule has 3 heteroatoms. The molecule has 1 aliphatic carbocycles. The Bertz CT molecular complexity index is 464. The monoisotopic (exact) mass is 306 g/mol. The molecule has 0 atom stereocenters. The van der Waals surface area contributed by atoms with Crippen molar-refractivity contribution in [2.24, 2.45) is 0 Å². The maximum atomic E-state index is 12.5. The number of carbonyl (C=O) groups is 1. The Balaban J connectivity index is 1.97. The van der Waals surface area contributed by atoms with Crippen molar-refractivity contribution in [2.45, 2.75) is 57.6 Å². The van der Waals surface area contributed by atoms with Gasteiger partial charge < -0.3 is 4.74 Å². The van der Waals surface area contributed by atoms with E-state index in [1.807, 2.05) is 36.9 Å². The van der Waals surface area contributed by atoms with Crippen molar-refractivity contribution in [1.82, 2.24) is 0 Å². The first-order chi connectivity index (χ1) is 10.2. The number of hydrogen-bond acceptors (Lipinski definition) is 3. The van der Waals surface area contributed by atoms with Crippen molar-refractivity contribution >= 4 is 17.5 Å². The average Bonchev–Trinajstić information content (AvgIpc) is 2.52. The molecule has 0 radical (unpaired) electrons. The van der Waals surface area contributed by atoms with Gasteiger partial charge in [-0.2, -0.15) is 11.8 Å². The van der Waals surface area contributed by atoms with Crippen molar-refractivity contribution in [3.05, 3.63) is 29.3 Å². The number of rotatable bonds is 7. The number of thioether (sulfide) groups is 1. The first-order valence-corrected chi connectivity index (χ1v) is 9.14. The van der Waals surface area contributed by atoms with Crippen LogP contribution < -0.4 is 4.74 Å². The molecule has 1 aromatic rings. The second kappa shape index (κ2) is 8.47. The van der Waals surface area contributed by atoms with E-state index >= 15 is 0 Å². The van der Waals surface area contributed by atoms with Crippen molar-refractivity contribution in [1.29, 1.82) is 0 Å². The summed E-state index contributed by atoms with van der Waals surface area (Å²) in [6.45, 7) is 4.77. The van der Waals surface area contributed by atoms with Crippen molar-refractivity contribution in [3.8, 4) is 5.75 Å². The molecule has 0 aliphatic heterocycles. The third-order valence-corrected chi connectivity index (χ3v) is 5.27. The zero-order valence-corrected chi connectivity index (χ0v) is 14.0. The van der Waals surface area contributed by atoms with E-state index in [1.54, 1.807) is 0 Å². The van der Waals surface area contributed by atoms with Crippen LogP contribution in [-0.2, 0) is 0 Å². The summed E-state index contributed by atoms with van der Waals surface area (Å²) in [5.74, 6) is 1.54. The molecule has 116 valence electrons. The smallest absolute Gasteiger partial charge is 0.176 e. The van der Waals surface area contributed by atoms with Gasteiger partial charge in [0.1, 0.15) is 5.75 Å². The largest absolute Gasteiger partial charge is 0.493 e. The van der Waals surface area contributed by atoms with Gasteiger partial charge in [0.25, 0.3) is 0 Å². The second-order valence-electron chi connectivity index (χ2n) is 5.84. The number of benzene rings is 1. The zero-order chi connectivity index (χ0) is 15.1. The highest BCUT2D eigenvalue weighted by Gasteiger charge is 2.18. The van der Waals surface area contributed by atoms with Crippen molar-refractivity contribution in [3.63, 3.8) is 0 Å². The minimum absolute atomic E-state index is 0.209. The zero-order valence-electron chi connectivity index (χ0n) is 13.2. The number of ether oxygens (including phenoxy) is 1. The maximum Gasteiger partial charge on any atom is 0.176 e. The highest BCUT2D eigenvalue weighted by Crippen LogP contribution is 2.30. The van der Waals surface area contributed by atoms with Crippen LogP contribution in [0, 0.1) is 6.92 Å². The Kier molecular flexibility index (Phi) is 6.62. The molecule has 0 saturated heterocycles.